The van der Waals surface area contributed by atoms with E-state index in [2.05, 4.69) is 14.9 Å². The molecule has 2 aromatic rings. The predicted molar refractivity (Wildman–Crippen MR) is 102 cm³/mol. The van der Waals surface area contributed by atoms with Crippen LogP contribution in [0.3, 0.4) is 0 Å². The fourth-order valence-corrected chi connectivity index (χ4v) is 4.52. The lowest BCUT2D eigenvalue weighted by Gasteiger charge is -2.28. The first-order valence-electron chi connectivity index (χ1n) is 10.3. The van der Waals surface area contributed by atoms with Gasteiger partial charge in [-0.05, 0) is 56.9 Å². The Hall–Kier alpha value is -2.15. The Morgan fingerprint density at radius 3 is 2.96 bits per heavy atom. The van der Waals surface area contributed by atoms with E-state index in [1.807, 2.05) is 0 Å². The minimum absolute atomic E-state index is 0.219. The first kappa shape index (κ1) is 17.0. The smallest absolute Gasteiger partial charge is 0.223 e. The zero-order valence-electron chi connectivity index (χ0n) is 15.7. The van der Waals surface area contributed by atoms with Gasteiger partial charge in [-0.3, -0.25) is 4.79 Å². The van der Waals surface area contributed by atoms with E-state index in [0.717, 1.165) is 62.1 Å². The summed E-state index contributed by atoms with van der Waals surface area (Å²) >= 11 is 0. The Balaban J connectivity index is 1.41. The Labute approximate surface area is 158 Å². The Kier molecular flexibility index (Phi) is 4.27. The van der Waals surface area contributed by atoms with Crippen LogP contribution in [0.25, 0.3) is 11.0 Å². The molecule has 0 unspecified atom stereocenters. The van der Waals surface area contributed by atoms with E-state index >= 15 is 0 Å². The molecule has 5 rings (SSSR count). The van der Waals surface area contributed by atoms with Crippen molar-refractivity contribution in [3.63, 3.8) is 0 Å². The number of carbonyl (C=O) groups is 1. The van der Waals surface area contributed by atoms with Gasteiger partial charge in [0.25, 0.3) is 0 Å². The molecule has 1 fully saturated rings. The molecule has 0 saturated heterocycles. The summed E-state index contributed by atoms with van der Waals surface area (Å²) in [4.78, 5) is 21.2. The number of pyridine rings is 1. The maximum atomic E-state index is 11.8. The molecule has 1 amide bonds. The second-order valence-electron chi connectivity index (χ2n) is 8.10. The SMILES string of the molecule is Nc1nc2c(c3c1nc1n3[C@@H](CCCNC(=O)C3CC3)COC1)CCCC2. The van der Waals surface area contributed by atoms with Gasteiger partial charge >= 0.3 is 0 Å². The van der Waals surface area contributed by atoms with Gasteiger partial charge in [0.2, 0.25) is 5.91 Å². The van der Waals surface area contributed by atoms with Gasteiger partial charge in [0, 0.05) is 18.2 Å². The van der Waals surface area contributed by atoms with Crippen LogP contribution in [0.1, 0.15) is 61.6 Å². The summed E-state index contributed by atoms with van der Waals surface area (Å²) in [5, 5.41) is 3.06. The van der Waals surface area contributed by atoms with Crippen molar-refractivity contribution in [2.24, 2.45) is 5.92 Å². The molecule has 0 spiro atoms. The van der Waals surface area contributed by atoms with Crippen molar-refractivity contribution in [3.8, 4) is 0 Å². The van der Waals surface area contributed by atoms with Gasteiger partial charge in [0.05, 0.1) is 18.2 Å². The highest BCUT2D eigenvalue weighted by Gasteiger charge is 2.30. The number of carbonyl (C=O) groups excluding carboxylic acids is 1. The number of rotatable bonds is 5. The number of amides is 1. The molecule has 2 aromatic heterocycles. The largest absolute Gasteiger partial charge is 0.382 e. The molecular weight excluding hydrogens is 342 g/mol. The van der Waals surface area contributed by atoms with Gasteiger partial charge < -0.3 is 20.4 Å². The van der Waals surface area contributed by atoms with Crippen LogP contribution in [-0.2, 0) is 29.0 Å². The number of nitrogens with zero attached hydrogens (tertiary/aromatic N) is 3. The molecule has 0 bridgehead atoms. The number of hydrogen-bond donors (Lipinski definition) is 2. The first-order valence-corrected chi connectivity index (χ1v) is 10.3. The third kappa shape index (κ3) is 3.08. The molecule has 3 heterocycles. The number of aryl methyl sites for hydroxylation is 2. The molecule has 144 valence electrons. The first-order chi connectivity index (χ1) is 13.2. The van der Waals surface area contributed by atoms with Gasteiger partial charge in [-0.25, -0.2) is 9.97 Å². The van der Waals surface area contributed by atoms with E-state index in [9.17, 15) is 4.79 Å². The number of imidazole rings is 1. The van der Waals surface area contributed by atoms with Crippen LogP contribution < -0.4 is 11.1 Å². The lowest BCUT2D eigenvalue weighted by atomic mass is 9.94. The number of nitrogen functional groups attached to an aromatic ring is 1. The summed E-state index contributed by atoms with van der Waals surface area (Å²) in [6.45, 7) is 1.94. The minimum atomic E-state index is 0.219. The third-order valence-corrected chi connectivity index (χ3v) is 6.07. The fraction of sp³-hybridized carbons (Fsp3) is 0.650. The van der Waals surface area contributed by atoms with Crippen molar-refractivity contribution < 1.29 is 9.53 Å². The van der Waals surface area contributed by atoms with Gasteiger partial charge in [0.1, 0.15) is 17.9 Å². The van der Waals surface area contributed by atoms with Gasteiger partial charge in [-0.1, -0.05) is 0 Å². The number of anilines is 1. The number of nitrogens with one attached hydrogen (secondary N) is 1. The summed E-state index contributed by atoms with van der Waals surface area (Å²) in [5.41, 5.74) is 10.8. The second kappa shape index (κ2) is 6.78. The lowest BCUT2D eigenvalue weighted by molar-refractivity contribution is -0.122. The van der Waals surface area contributed by atoms with E-state index in [1.54, 1.807) is 0 Å². The Bertz CT molecular complexity index is 886. The van der Waals surface area contributed by atoms with Gasteiger partial charge in [0.15, 0.2) is 5.82 Å². The van der Waals surface area contributed by atoms with E-state index in [1.165, 1.54) is 23.9 Å². The van der Waals surface area contributed by atoms with Crippen LogP contribution in [-0.4, -0.2) is 33.6 Å². The molecule has 3 aliphatic rings. The second-order valence-corrected chi connectivity index (χ2v) is 8.10. The third-order valence-electron chi connectivity index (χ3n) is 6.07. The van der Waals surface area contributed by atoms with E-state index in [0.29, 0.717) is 19.0 Å². The number of hydrogen-bond acceptors (Lipinski definition) is 5. The molecule has 1 atom stereocenters. The van der Waals surface area contributed by atoms with Crippen LogP contribution in [0.5, 0.6) is 0 Å². The lowest BCUT2D eigenvalue weighted by Crippen LogP contribution is -2.28. The van der Waals surface area contributed by atoms with Crippen molar-refractivity contribution in [1.29, 1.82) is 0 Å². The Morgan fingerprint density at radius 1 is 1.26 bits per heavy atom. The van der Waals surface area contributed by atoms with Crippen molar-refractivity contribution in [1.82, 2.24) is 19.9 Å². The number of fused-ring (bicyclic) bond motifs is 5. The summed E-state index contributed by atoms with van der Waals surface area (Å²) in [5.74, 6) is 1.99. The Morgan fingerprint density at radius 2 is 2.11 bits per heavy atom. The van der Waals surface area contributed by atoms with Crippen LogP contribution in [0.2, 0.25) is 0 Å². The van der Waals surface area contributed by atoms with Crippen LogP contribution >= 0.6 is 0 Å². The van der Waals surface area contributed by atoms with Gasteiger partial charge in [-0.2, -0.15) is 0 Å². The number of nitrogens with two attached hydrogens (primary N) is 1. The average molecular weight is 369 g/mol. The molecular formula is C20H27N5O2. The molecule has 0 aromatic carbocycles. The highest BCUT2D eigenvalue weighted by atomic mass is 16.5. The molecule has 1 saturated carbocycles. The zero-order valence-corrected chi connectivity index (χ0v) is 15.7. The van der Waals surface area contributed by atoms with Crippen LogP contribution in [0.4, 0.5) is 5.82 Å². The standard InChI is InChI=1S/C20H27N5O2/c21-19-17-18(14-5-1-2-6-15(14)23-19)25-13(10-27-11-16(25)24-17)4-3-9-22-20(26)12-7-8-12/h12-13H,1-11H2,(H2,21,23)(H,22,26)/t13-/m0/s1. The molecule has 2 aliphatic carbocycles. The normalized spacial score (nSPS) is 21.7. The predicted octanol–water partition coefficient (Wildman–Crippen LogP) is 2.27. The summed E-state index contributed by atoms with van der Waals surface area (Å²) in [6, 6.07) is 0.240. The molecule has 7 heteroatoms. The van der Waals surface area contributed by atoms with Gasteiger partial charge in [-0.15, -0.1) is 0 Å². The maximum Gasteiger partial charge on any atom is 0.223 e. The van der Waals surface area contributed by atoms with E-state index < -0.39 is 0 Å². The van der Waals surface area contributed by atoms with E-state index in [-0.39, 0.29) is 17.9 Å². The number of aromatic nitrogens is 3. The minimum Gasteiger partial charge on any atom is -0.382 e. The summed E-state index contributed by atoms with van der Waals surface area (Å²) in [6.07, 6.45) is 8.43. The average Bonchev–Trinajstić information content (AvgIpc) is 3.45. The highest BCUT2D eigenvalue weighted by molar-refractivity contribution is 5.89. The highest BCUT2D eigenvalue weighted by Crippen LogP contribution is 2.36. The molecule has 7 nitrogen and oxygen atoms in total. The molecule has 3 N–H and O–H groups in total. The van der Waals surface area contributed by atoms with Crippen molar-refractivity contribution in [3.05, 3.63) is 17.1 Å². The summed E-state index contributed by atoms with van der Waals surface area (Å²) < 4.78 is 8.18. The fourth-order valence-electron chi connectivity index (χ4n) is 4.52. The number of ether oxygens (including phenoxy) is 1. The zero-order chi connectivity index (χ0) is 18.4. The topological polar surface area (TPSA) is 95.1 Å². The van der Waals surface area contributed by atoms with Crippen LogP contribution in [0, 0.1) is 5.92 Å². The van der Waals surface area contributed by atoms with Crippen LogP contribution in [0.15, 0.2) is 0 Å². The molecule has 27 heavy (non-hydrogen) atoms. The van der Waals surface area contributed by atoms with Crippen molar-refractivity contribution in [2.75, 3.05) is 18.9 Å². The quantitative estimate of drug-likeness (QED) is 0.789. The monoisotopic (exact) mass is 369 g/mol. The molecule has 1 aliphatic heterocycles. The van der Waals surface area contributed by atoms with Crippen molar-refractivity contribution in [2.45, 2.75) is 64.0 Å². The van der Waals surface area contributed by atoms with Crippen molar-refractivity contribution >= 4 is 22.8 Å². The summed E-state index contributed by atoms with van der Waals surface area (Å²) in [7, 11) is 0. The maximum absolute atomic E-state index is 11.8. The molecule has 0 radical (unpaired) electrons. The van der Waals surface area contributed by atoms with E-state index in [4.69, 9.17) is 15.5 Å².